The monoisotopic (exact) mass is 361 g/mol. The topological polar surface area (TPSA) is 72.5 Å². The van der Waals surface area contributed by atoms with E-state index in [2.05, 4.69) is 15.6 Å². The van der Waals surface area contributed by atoms with E-state index >= 15 is 0 Å². The molecular weight excluding hydrogens is 342 g/mol. The Bertz CT molecular complexity index is 877. The van der Waals surface area contributed by atoms with Gasteiger partial charge in [0.25, 0.3) is 0 Å². The van der Waals surface area contributed by atoms with Crippen LogP contribution in [0.4, 0.5) is 10.5 Å². The van der Waals surface area contributed by atoms with Crippen LogP contribution in [0.1, 0.15) is 17.2 Å². The zero-order valence-corrected chi connectivity index (χ0v) is 14.6. The molecule has 0 fully saturated rings. The quantitative estimate of drug-likeness (QED) is 0.742. The highest BCUT2D eigenvalue weighted by Gasteiger charge is 2.18. The molecule has 2 N–H and O–H groups in total. The van der Waals surface area contributed by atoms with E-state index in [0.29, 0.717) is 30.4 Å². The van der Waals surface area contributed by atoms with Crippen LogP contribution >= 0.6 is 0 Å². The highest BCUT2D eigenvalue weighted by atomic mass is 16.6. The third-order valence-electron chi connectivity index (χ3n) is 4.25. The van der Waals surface area contributed by atoms with Crippen molar-refractivity contribution in [2.24, 2.45) is 0 Å². The maximum Gasteiger partial charge on any atom is 0.319 e. The lowest BCUT2D eigenvalue weighted by Crippen LogP contribution is -2.33. The minimum Gasteiger partial charge on any atom is -0.486 e. The van der Waals surface area contributed by atoms with Gasteiger partial charge in [-0.3, -0.25) is 4.98 Å². The minimum atomic E-state index is -0.308. The molecule has 4 rings (SSSR count). The SMILES string of the molecule is O=C(Nc1ccc2c(c1)OCCO2)NC(c1ccccc1)c1ccncc1. The van der Waals surface area contributed by atoms with Crippen molar-refractivity contribution in [3.63, 3.8) is 0 Å². The number of rotatable bonds is 4. The number of fused-ring (bicyclic) bond motifs is 1. The number of carbonyl (C=O) groups is 1. The largest absolute Gasteiger partial charge is 0.486 e. The first kappa shape index (κ1) is 16.9. The normalized spacial score (nSPS) is 13.5. The second kappa shape index (κ2) is 7.78. The average molecular weight is 361 g/mol. The summed E-state index contributed by atoms with van der Waals surface area (Å²) in [7, 11) is 0. The molecule has 0 aliphatic carbocycles. The first-order chi connectivity index (χ1) is 13.3. The van der Waals surface area contributed by atoms with Crippen LogP contribution in [0.15, 0.2) is 73.1 Å². The Kier molecular flexibility index (Phi) is 4.87. The van der Waals surface area contributed by atoms with Crippen molar-refractivity contribution >= 4 is 11.7 Å². The molecule has 1 aliphatic rings. The van der Waals surface area contributed by atoms with Crippen LogP contribution in [-0.4, -0.2) is 24.2 Å². The van der Waals surface area contributed by atoms with Gasteiger partial charge in [-0.05, 0) is 35.4 Å². The summed E-state index contributed by atoms with van der Waals surface area (Å²) in [5.41, 5.74) is 2.58. The second-order valence-electron chi connectivity index (χ2n) is 6.08. The van der Waals surface area contributed by atoms with E-state index in [1.807, 2.05) is 42.5 Å². The molecular formula is C21H19N3O3. The van der Waals surface area contributed by atoms with Gasteiger partial charge in [-0.2, -0.15) is 0 Å². The number of anilines is 1. The Labute approximate surface area is 157 Å². The van der Waals surface area contributed by atoms with Gasteiger partial charge in [0.1, 0.15) is 13.2 Å². The van der Waals surface area contributed by atoms with Crippen LogP contribution in [0.3, 0.4) is 0 Å². The van der Waals surface area contributed by atoms with Crippen molar-refractivity contribution in [3.8, 4) is 11.5 Å². The van der Waals surface area contributed by atoms with Gasteiger partial charge in [0.15, 0.2) is 11.5 Å². The van der Waals surface area contributed by atoms with E-state index in [0.717, 1.165) is 11.1 Å². The van der Waals surface area contributed by atoms with Crippen LogP contribution in [0.5, 0.6) is 11.5 Å². The Morgan fingerprint density at radius 3 is 2.37 bits per heavy atom. The van der Waals surface area contributed by atoms with Crippen LogP contribution < -0.4 is 20.1 Å². The van der Waals surface area contributed by atoms with Crippen molar-refractivity contribution in [1.82, 2.24) is 10.3 Å². The van der Waals surface area contributed by atoms with E-state index < -0.39 is 0 Å². The number of hydrogen-bond acceptors (Lipinski definition) is 4. The predicted octanol–water partition coefficient (Wildman–Crippen LogP) is 3.76. The summed E-state index contributed by atoms with van der Waals surface area (Å²) in [5.74, 6) is 1.32. The third-order valence-corrected chi connectivity index (χ3v) is 4.25. The van der Waals surface area contributed by atoms with Gasteiger partial charge in [0, 0.05) is 24.1 Å². The molecule has 6 heteroatoms. The fourth-order valence-electron chi connectivity index (χ4n) is 2.98. The van der Waals surface area contributed by atoms with Crippen LogP contribution in [0.25, 0.3) is 0 Å². The molecule has 2 heterocycles. The molecule has 2 amide bonds. The maximum atomic E-state index is 12.6. The van der Waals surface area contributed by atoms with Crippen molar-refractivity contribution in [1.29, 1.82) is 0 Å². The number of amides is 2. The highest BCUT2D eigenvalue weighted by Crippen LogP contribution is 2.32. The molecule has 2 aromatic carbocycles. The van der Waals surface area contributed by atoms with Crippen LogP contribution in [0, 0.1) is 0 Å². The summed E-state index contributed by atoms with van der Waals surface area (Å²) in [6, 6.07) is 18.3. The molecule has 0 saturated carbocycles. The van der Waals surface area contributed by atoms with E-state index in [1.54, 1.807) is 30.6 Å². The smallest absolute Gasteiger partial charge is 0.319 e. The zero-order valence-electron chi connectivity index (χ0n) is 14.6. The fraction of sp³-hybridized carbons (Fsp3) is 0.143. The maximum absolute atomic E-state index is 12.6. The number of nitrogens with one attached hydrogen (secondary N) is 2. The average Bonchev–Trinajstić information content (AvgIpc) is 2.73. The van der Waals surface area contributed by atoms with Crippen LogP contribution in [-0.2, 0) is 0 Å². The Morgan fingerprint density at radius 2 is 1.59 bits per heavy atom. The van der Waals surface area contributed by atoms with Gasteiger partial charge in [0.2, 0.25) is 0 Å². The number of carbonyl (C=O) groups excluding carboxylic acids is 1. The molecule has 1 unspecified atom stereocenters. The van der Waals surface area contributed by atoms with Gasteiger partial charge in [-0.25, -0.2) is 4.79 Å². The molecule has 3 aromatic rings. The van der Waals surface area contributed by atoms with Crippen molar-refractivity contribution < 1.29 is 14.3 Å². The first-order valence-electron chi connectivity index (χ1n) is 8.71. The van der Waals surface area contributed by atoms with Crippen molar-refractivity contribution in [3.05, 3.63) is 84.2 Å². The molecule has 1 aliphatic heterocycles. The minimum absolute atomic E-state index is 0.286. The molecule has 1 aromatic heterocycles. The predicted molar refractivity (Wildman–Crippen MR) is 102 cm³/mol. The van der Waals surface area contributed by atoms with E-state index in [1.165, 1.54) is 0 Å². The van der Waals surface area contributed by atoms with Gasteiger partial charge >= 0.3 is 6.03 Å². The lowest BCUT2D eigenvalue weighted by molar-refractivity contribution is 0.171. The molecule has 136 valence electrons. The van der Waals surface area contributed by atoms with Gasteiger partial charge in [-0.15, -0.1) is 0 Å². The van der Waals surface area contributed by atoms with Gasteiger partial charge in [0.05, 0.1) is 6.04 Å². The summed E-state index contributed by atoms with van der Waals surface area (Å²) in [5, 5.41) is 5.89. The fourth-order valence-corrected chi connectivity index (χ4v) is 2.98. The van der Waals surface area contributed by atoms with Crippen molar-refractivity contribution in [2.75, 3.05) is 18.5 Å². The third kappa shape index (κ3) is 4.00. The molecule has 0 spiro atoms. The number of ether oxygens (including phenoxy) is 2. The number of hydrogen-bond donors (Lipinski definition) is 2. The second-order valence-corrected chi connectivity index (χ2v) is 6.08. The van der Waals surface area contributed by atoms with Gasteiger partial charge in [-0.1, -0.05) is 30.3 Å². The summed E-state index contributed by atoms with van der Waals surface area (Å²) in [6.07, 6.45) is 3.43. The molecule has 27 heavy (non-hydrogen) atoms. The number of aromatic nitrogens is 1. The lowest BCUT2D eigenvalue weighted by Gasteiger charge is -2.21. The Morgan fingerprint density at radius 1 is 0.889 bits per heavy atom. The van der Waals surface area contributed by atoms with E-state index in [4.69, 9.17) is 9.47 Å². The molecule has 1 atom stereocenters. The summed E-state index contributed by atoms with van der Waals surface area (Å²) in [6.45, 7) is 1.03. The summed E-state index contributed by atoms with van der Waals surface area (Å²) in [4.78, 5) is 16.7. The summed E-state index contributed by atoms with van der Waals surface area (Å²) >= 11 is 0. The standard InChI is InChI=1S/C21H19N3O3/c25-21(23-17-6-7-18-19(14-17)27-13-12-26-18)24-20(15-4-2-1-3-5-15)16-8-10-22-11-9-16/h1-11,14,20H,12-13H2,(H2,23,24,25). The van der Waals surface area contributed by atoms with Crippen LogP contribution in [0.2, 0.25) is 0 Å². The Hall–Kier alpha value is -3.54. The first-order valence-corrected chi connectivity index (χ1v) is 8.71. The highest BCUT2D eigenvalue weighted by molar-refractivity contribution is 5.90. The van der Waals surface area contributed by atoms with E-state index in [-0.39, 0.29) is 12.1 Å². The lowest BCUT2D eigenvalue weighted by atomic mass is 10.00. The molecule has 6 nitrogen and oxygen atoms in total. The number of nitrogens with zero attached hydrogens (tertiary/aromatic N) is 1. The number of benzene rings is 2. The number of pyridine rings is 1. The zero-order chi connectivity index (χ0) is 18.5. The Balaban J connectivity index is 1.52. The molecule has 0 bridgehead atoms. The number of urea groups is 1. The molecule has 0 saturated heterocycles. The van der Waals surface area contributed by atoms with Gasteiger partial charge < -0.3 is 20.1 Å². The molecule has 0 radical (unpaired) electrons. The van der Waals surface area contributed by atoms with E-state index in [9.17, 15) is 4.79 Å². The summed E-state index contributed by atoms with van der Waals surface area (Å²) < 4.78 is 11.1. The van der Waals surface area contributed by atoms with Crippen molar-refractivity contribution in [2.45, 2.75) is 6.04 Å².